The number of ether oxygens (including phenoxy) is 3. The van der Waals surface area contributed by atoms with E-state index >= 15 is 0 Å². The molecule has 4 aliphatic heterocycles. The van der Waals surface area contributed by atoms with Crippen LogP contribution in [0.2, 0.25) is 0 Å². The van der Waals surface area contributed by atoms with Gasteiger partial charge in [-0.1, -0.05) is 27.7 Å². The van der Waals surface area contributed by atoms with Crippen LogP contribution in [0.25, 0.3) is 0 Å². The van der Waals surface area contributed by atoms with E-state index < -0.39 is 53.3 Å². The van der Waals surface area contributed by atoms with Gasteiger partial charge in [-0.3, -0.25) is 9.59 Å². The van der Waals surface area contributed by atoms with Gasteiger partial charge in [-0.2, -0.15) is 0 Å². The molecule has 0 unspecified atom stereocenters. The van der Waals surface area contributed by atoms with Crippen LogP contribution in [0.4, 0.5) is 0 Å². The Kier molecular flexibility index (Phi) is 7.44. The van der Waals surface area contributed by atoms with E-state index in [1.165, 1.54) is 13.8 Å². The number of carboxylic acid groups (broad SMARTS) is 1. The first-order valence-corrected chi connectivity index (χ1v) is 12.9. The highest BCUT2D eigenvalue weighted by Gasteiger charge is 2.69. The molecule has 204 valence electrons. The third kappa shape index (κ3) is 4.88. The molecule has 0 aromatic heterocycles. The maximum Gasteiger partial charge on any atom is 0.333 e. The van der Waals surface area contributed by atoms with Crippen LogP contribution in [0.1, 0.15) is 73.1 Å². The van der Waals surface area contributed by atoms with Crippen molar-refractivity contribution in [1.82, 2.24) is 5.32 Å². The first kappa shape index (κ1) is 27.3. The molecular formula is C25H39NO10. The van der Waals surface area contributed by atoms with Crippen LogP contribution >= 0.6 is 0 Å². The minimum Gasteiger partial charge on any atom is -0.479 e. The molecule has 11 heteroatoms. The molecule has 5 aliphatic rings. The molecule has 0 aromatic carbocycles. The molecule has 4 saturated heterocycles. The molecule has 0 radical (unpaired) electrons. The summed E-state index contributed by atoms with van der Waals surface area (Å²) in [4.78, 5) is 47.7. The number of esters is 1. The van der Waals surface area contributed by atoms with Crippen molar-refractivity contribution < 1.29 is 48.6 Å². The Labute approximate surface area is 211 Å². The summed E-state index contributed by atoms with van der Waals surface area (Å²) in [6.45, 7) is 9.04. The van der Waals surface area contributed by atoms with Crippen molar-refractivity contribution in [3.05, 3.63) is 0 Å². The van der Waals surface area contributed by atoms with Crippen molar-refractivity contribution >= 4 is 17.8 Å². The lowest BCUT2D eigenvalue weighted by atomic mass is 9.58. The van der Waals surface area contributed by atoms with Crippen molar-refractivity contribution in [3.8, 4) is 0 Å². The Hall–Kier alpha value is -1.79. The van der Waals surface area contributed by atoms with E-state index in [1.54, 1.807) is 0 Å². The van der Waals surface area contributed by atoms with E-state index in [-0.39, 0.29) is 37.1 Å². The largest absolute Gasteiger partial charge is 0.479 e. The Morgan fingerprint density at radius 1 is 1.11 bits per heavy atom. The highest BCUT2D eigenvalue weighted by molar-refractivity contribution is 5.81. The molecule has 36 heavy (non-hydrogen) atoms. The highest BCUT2D eigenvalue weighted by Crippen LogP contribution is 2.60. The van der Waals surface area contributed by atoms with Gasteiger partial charge in [-0.05, 0) is 38.0 Å². The molecule has 4 heterocycles. The average molecular weight is 514 g/mol. The number of hydrogen-bond acceptors (Lipinski definition) is 9. The van der Waals surface area contributed by atoms with Crippen LogP contribution < -0.4 is 5.32 Å². The normalized spacial score (nSPS) is 40.5. The summed E-state index contributed by atoms with van der Waals surface area (Å²) in [5.74, 6) is -2.83. The van der Waals surface area contributed by atoms with Crippen molar-refractivity contribution in [1.29, 1.82) is 0 Å². The van der Waals surface area contributed by atoms with Crippen molar-refractivity contribution in [2.75, 3.05) is 6.54 Å². The zero-order valence-corrected chi connectivity index (χ0v) is 21.7. The second-order valence-corrected chi connectivity index (χ2v) is 11.8. The SMILES string of the molecule is C[C@H]1[C@H](OC(=O)CCC(=O)NCC(C)(C)[C@H](O)C(=O)O)O[C@@H]2O[C@]3(C)CC[C@H]4[C@H](C)CC[C@@H]1[C@@]24OO3. The molecule has 1 aliphatic carbocycles. The van der Waals surface area contributed by atoms with Gasteiger partial charge in [0.1, 0.15) is 0 Å². The van der Waals surface area contributed by atoms with Gasteiger partial charge in [0.2, 0.25) is 18.0 Å². The molecule has 2 bridgehead atoms. The lowest BCUT2D eigenvalue weighted by Crippen LogP contribution is -2.70. The fourth-order valence-corrected chi connectivity index (χ4v) is 6.26. The second-order valence-electron chi connectivity index (χ2n) is 11.8. The maximum absolute atomic E-state index is 12.6. The molecule has 5 rings (SSSR count). The van der Waals surface area contributed by atoms with Crippen LogP contribution in [0.5, 0.6) is 0 Å². The number of fused-ring (bicyclic) bond motifs is 2. The number of aliphatic hydroxyl groups excluding tert-OH is 1. The Balaban J connectivity index is 1.35. The van der Waals surface area contributed by atoms with Crippen LogP contribution in [-0.4, -0.2) is 64.7 Å². The summed E-state index contributed by atoms with van der Waals surface area (Å²) in [7, 11) is 0. The standard InChI is InChI=1S/C25H39NO10/c1-13-6-7-16-14(2)21(33-22-25(16)15(13)10-11-24(5,34-22)35-36-25)32-18(28)9-8-17(27)26-12-23(3,4)19(29)20(30)31/h13-16,19,21-22,29H,6-12H2,1-5H3,(H,26,27)(H,30,31)/t13-,14-,15+,16+,19-,21-,22-,24+,25-/m1/s1. The van der Waals surface area contributed by atoms with Gasteiger partial charge in [0.05, 0.1) is 6.42 Å². The van der Waals surface area contributed by atoms with Crippen molar-refractivity contribution in [2.24, 2.45) is 29.1 Å². The molecule has 11 nitrogen and oxygen atoms in total. The van der Waals surface area contributed by atoms with Gasteiger partial charge in [-0.25, -0.2) is 14.6 Å². The van der Waals surface area contributed by atoms with Gasteiger partial charge in [0, 0.05) is 36.6 Å². The number of nitrogens with one attached hydrogen (secondary N) is 1. The number of carbonyl (C=O) groups is 3. The second kappa shape index (κ2) is 9.83. The first-order chi connectivity index (χ1) is 16.8. The zero-order valence-electron chi connectivity index (χ0n) is 21.7. The third-order valence-corrected chi connectivity index (χ3v) is 8.62. The molecule has 3 N–H and O–H groups in total. The summed E-state index contributed by atoms with van der Waals surface area (Å²) in [5, 5.41) is 21.3. The smallest absolute Gasteiger partial charge is 0.333 e. The summed E-state index contributed by atoms with van der Waals surface area (Å²) < 4.78 is 18.1. The fraction of sp³-hybridized carbons (Fsp3) is 0.880. The number of aliphatic carboxylic acids is 1. The number of rotatable bonds is 8. The van der Waals surface area contributed by atoms with E-state index in [9.17, 15) is 19.5 Å². The predicted octanol–water partition coefficient (Wildman–Crippen LogP) is 2.11. The number of hydrogen-bond donors (Lipinski definition) is 3. The molecule has 9 atom stereocenters. The van der Waals surface area contributed by atoms with Gasteiger partial charge < -0.3 is 29.7 Å². The topological polar surface area (TPSA) is 150 Å². The molecule has 5 fully saturated rings. The number of amides is 1. The van der Waals surface area contributed by atoms with Crippen LogP contribution in [-0.2, 0) is 38.4 Å². The summed E-state index contributed by atoms with van der Waals surface area (Å²) in [6.07, 6.45) is -0.0108. The van der Waals surface area contributed by atoms with Crippen LogP contribution in [0, 0.1) is 29.1 Å². The Morgan fingerprint density at radius 2 is 1.83 bits per heavy atom. The number of aliphatic hydroxyl groups is 1. The summed E-state index contributed by atoms with van der Waals surface area (Å²) in [5.41, 5.74) is -1.82. The van der Waals surface area contributed by atoms with Gasteiger partial charge in [-0.15, -0.1) is 0 Å². The first-order valence-electron chi connectivity index (χ1n) is 12.9. The Morgan fingerprint density at radius 3 is 2.53 bits per heavy atom. The van der Waals surface area contributed by atoms with E-state index in [0.717, 1.165) is 19.3 Å². The number of carboxylic acids is 1. The van der Waals surface area contributed by atoms with Gasteiger partial charge in [0.25, 0.3) is 0 Å². The zero-order chi connectivity index (χ0) is 26.5. The minimum absolute atomic E-state index is 0.0177. The summed E-state index contributed by atoms with van der Waals surface area (Å²) >= 11 is 0. The van der Waals surface area contributed by atoms with Crippen LogP contribution in [0.3, 0.4) is 0 Å². The quantitative estimate of drug-likeness (QED) is 0.325. The average Bonchev–Trinajstić information content (AvgIpc) is 3.05. The van der Waals surface area contributed by atoms with Crippen LogP contribution in [0.15, 0.2) is 0 Å². The van der Waals surface area contributed by atoms with E-state index in [4.69, 9.17) is 29.1 Å². The predicted molar refractivity (Wildman–Crippen MR) is 123 cm³/mol. The van der Waals surface area contributed by atoms with Gasteiger partial charge in [0.15, 0.2) is 18.0 Å². The van der Waals surface area contributed by atoms with Crippen molar-refractivity contribution in [2.45, 2.75) is 103 Å². The maximum atomic E-state index is 12.6. The van der Waals surface area contributed by atoms with Crippen molar-refractivity contribution in [3.63, 3.8) is 0 Å². The monoisotopic (exact) mass is 513 g/mol. The molecule has 0 aromatic rings. The number of carbonyl (C=O) groups excluding carboxylic acids is 2. The van der Waals surface area contributed by atoms with E-state index in [0.29, 0.717) is 12.3 Å². The molecule has 1 saturated carbocycles. The summed E-state index contributed by atoms with van der Waals surface area (Å²) in [6, 6.07) is 0. The molecular weight excluding hydrogens is 474 g/mol. The van der Waals surface area contributed by atoms with E-state index in [2.05, 4.69) is 12.2 Å². The molecule has 1 spiro atoms. The lowest BCUT2D eigenvalue weighted by molar-refractivity contribution is -0.576. The Bertz CT molecular complexity index is 879. The molecule has 1 amide bonds. The van der Waals surface area contributed by atoms with Gasteiger partial charge >= 0.3 is 11.9 Å². The lowest BCUT2D eigenvalue weighted by Gasteiger charge is -2.59. The third-order valence-electron chi connectivity index (χ3n) is 8.62. The fourth-order valence-electron chi connectivity index (χ4n) is 6.26. The minimum atomic E-state index is -1.63. The highest BCUT2D eigenvalue weighted by atomic mass is 17.3. The van der Waals surface area contributed by atoms with E-state index in [1.807, 2.05) is 13.8 Å².